The molecule has 0 unspecified atom stereocenters. The van der Waals surface area contributed by atoms with Crippen molar-refractivity contribution in [1.82, 2.24) is 19.4 Å². The minimum atomic E-state index is -0.609. The first-order chi connectivity index (χ1) is 18.4. The fourth-order valence-corrected chi connectivity index (χ4v) is 5.94. The predicted octanol–water partition coefficient (Wildman–Crippen LogP) is 4.09. The lowest BCUT2D eigenvalue weighted by atomic mass is 10.1. The number of hydrogen-bond acceptors (Lipinski definition) is 7. The number of thiophene rings is 1. The van der Waals surface area contributed by atoms with E-state index in [9.17, 15) is 14.4 Å². The number of fused-ring (bicyclic) bond motifs is 2. The largest absolute Gasteiger partial charge is 0.497 e. The number of rotatable bonds is 4. The second kappa shape index (κ2) is 9.71. The van der Waals surface area contributed by atoms with Crippen LogP contribution in [0.3, 0.4) is 0 Å². The third-order valence-corrected chi connectivity index (χ3v) is 8.02. The Bertz CT molecular complexity index is 1840. The lowest BCUT2D eigenvalue weighted by Gasteiger charge is -2.27. The average molecular weight is 549 g/mol. The zero-order chi connectivity index (χ0) is 26.4. The lowest BCUT2D eigenvalue weighted by Crippen LogP contribution is -2.40. The molecule has 1 saturated heterocycles. The number of H-pyrrole nitrogens is 1. The highest BCUT2D eigenvalue weighted by atomic mass is 35.5. The predicted molar refractivity (Wildman–Crippen MR) is 147 cm³/mol. The Balaban J connectivity index is 1.50. The number of carbonyl (C=O) groups is 1. The summed E-state index contributed by atoms with van der Waals surface area (Å²) in [5, 5.41) is 1.76. The van der Waals surface area contributed by atoms with Gasteiger partial charge in [-0.25, -0.2) is 9.36 Å². The van der Waals surface area contributed by atoms with Gasteiger partial charge in [-0.05, 0) is 36.4 Å². The van der Waals surface area contributed by atoms with Crippen molar-refractivity contribution >= 4 is 49.8 Å². The second-order valence-corrected chi connectivity index (χ2v) is 10.2. The molecule has 1 aliphatic rings. The summed E-state index contributed by atoms with van der Waals surface area (Å²) < 4.78 is 12.1. The third kappa shape index (κ3) is 4.16. The first-order valence-corrected chi connectivity index (χ1v) is 13.0. The van der Waals surface area contributed by atoms with Crippen LogP contribution in [0, 0.1) is 0 Å². The van der Waals surface area contributed by atoms with Gasteiger partial charge in [0.2, 0.25) is 0 Å². The van der Waals surface area contributed by atoms with E-state index in [0.29, 0.717) is 79.8 Å². The van der Waals surface area contributed by atoms with Crippen molar-refractivity contribution in [3.05, 3.63) is 86.3 Å². The van der Waals surface area contributed by atoms with E-state index in [1.807, 2.05) is 0 Å². The molecule has 0 spiro atoms. The zero-order valence-corrected chi connectivity index (χ0v) is 21.8. The van der Waals surface area contributed by atoms with Crippen molar-refractivity contribution in [2.45, 2.75) is 0 Å². The highest BCUT2D eigenvalue weighted by molar-refractivity contribution is 7.22. The molecular formula is C27H21ClN4O5S. The van der Waals surface area contributed by atoms with Crippen molar-refractivity contribution in [2.24, 2.45) is 0 Å². The van der Waals surface area contributed by atoms with Crippen LogP contribution in [0.25, 0.3) is 37.1 Å². The number of amides is 1. The molecule has 0 saturated carbocycles. The van der Waals surface area contributed by atoms with Gasteiger partial charge in [0.15, 0.2) is 0 Å². The first kappa shape index (κ1) is 24.4. The maximum absolute atomic E-state index is 13.7. The van der Waals surface area contributed by atoms with E-state index in [0.717, 1.165) is 4.57 Å². The van der Waals surface area contributed by atoms with Gasteiger partial charge in [0.05, 0.1) is 37.7 Å². The van der Waals surface area contributed by atoms with Gasteiger partial charge in [0, 0.05) is 51.1 Å². The Morgan fingerprint density at radius 1 is 1.11 bits per heavy atom. The highest BCUT2D eigenvalue weighted by Crippen LogP contribution is 2.37. The van der Waals surface area contributed by atoms with Gasteiger partial charge in [-0.2, -0.15) is 0 Å². The van der Waals surface area contributed by atoms with E-state index in [-0.39, 0.29) is 5.91 Å². The molecular weight excluding hydrogens is 528 g/mol. The van der Waals surface area contributed by atoms with E-state index in [1.165, 1.54) is 17.5 Å². The van der Waals surface area contributed by atoms with Crippen LogP contribution in [0.1, 0.15) is 10.4 Å². The Hall–Kier alpha value is -3.99. The number of aromatic nitrogens is 3. The normalized spacial score (nSPS) is 13.8. The molecule has 2 aromatic carbocycles. The van der Waals surface area contributed by atoms with Crippen molar-refractivity contribution in [1.29, 1.82) is 0 Å². The van der Waals surface area contributed by atoms with Gasteiger partial charge in [-0.15, -0.1) is 11.3 Å². The number of benzene rings is 2. The van der Waals surface area contributed by atoms with Gasteiger partial charge in [0.1, 0.15) is 10.4 Å². The van der Waals surface area contributed by atoms with Gasteiger partial charge in [0.25, 0.3) is 11.5 Å². The molecule has 0 aliphatic carbocycles. The maximum Gasteiger partial charge on any atom is 0.333 e. The Labute approximate surface area is 224 Å². The summed E-state index contributed by atoms with van der Waals surface area (Å²) in [7, 11) is 1.56. The number of morpholine rings is 1. The number of nitrogens with zero attached hydrogens (tertiary/aromatic N) is 3. The first-order valence-electron chi connectivity index (χ1n) is 11.8. The van der Waals surface area contributed by atoms with Crippen molar-refractivity contribution < 1.29 is 14.3 Å². The molecule has 0 bridgehead atoms. The number of carbonyl (C=O) groups excluding carboxylic acids is 1. The van der Waals surface area contributed by atoms with Crippen LogP contribution >= 0.6 is 22.9 Å². The topological polar surface area (TPSA) is 107 Å². The molecule has 6 rings (SSSR count). The Morgan fingerprint density at radius 2 is 1.92 bits per heavy atom. The lowest BCUT2D eigenvalue weighted by molar-refractivity contribution is 0.0303. The van der Waals surface area contributed by atoms with Crippen LogP contribution in [-0.2, 0) is 4.74 Å². The Morgan fingerprint density at radius 3 is 2.71 bits per heavy atom. The molecule has 192 valence electrons. The fourth-order valence-electron chi connectivity index (χ4n) is 4.59. The van der Waals surface area contributed by atoms with Gasteiger partial charge >= 0.3 is 5.69 Å². The third-order valence-electron chi connectivity index (χ3n) is 6.54. The van der Waals surface area contributed by atoms with Gasteiger partial charge < -0.3 is 19.4 Å². The molecule has 5 aromatic rings. The van der Waals surface area contributed by atoms with Crippen molar-refractivity contribution in [2.75, 3.05) is 33.4 Å². The summed E-state index contributed by atoms with van der Waals surface area (Å²) in [5.74, 6) is 0.491. The van der Waals surface area contributed by atoms with Crippen LogP contribution in [0.5, 0.6) is 5.75 Å². The molecule has 1 aliphatic heterocycles. The summed E-state index contributed by atoms with van der Waals surface area (Å²) in [6, 6.07) is 12.2. The molecule has 0 atom stereocenters. The van der Waals surface area contributed by atoms with Crippen molar-refractivity contribution in [3.8, 4) is 21.9 Å². The summed E-state index contributed by atoms with van der Waals surface area (Å²) in [6.45, 7) is 1.99. The quantitative estimate of drug-likeness (QED) is 0.362. The summed E-state index contributed by atoms with van der Waals surface area (Å²) in [6.07, 6.45) is 3.09. The molecule has 11 heteroatoms. The summed E-state index contributed by atoms with van der Waals surface area (Å²) >= 11 is 7.65. The molecule has 9 nitrogen and oxygen atoms in total. The number of ether oxygens (including phenoxy) is 2. The molecule has 1 amide bonds. The van der Waals surface area contributed by atoms with E-state index < -0.39 is 11.2 Å². The average Bonchev–Trinajstić information content (AvgIpc) is 3.37. The molecule has 3 aromatic heterocycles. The molecule has 4 heterocycles. The minimum Gasteiger partial charge on any atom is -0.497 e. The summed E-state index contributed by atoms with van der Waals surface area (Å²) in [5.41, 5.74) is 0.759. The van der Waals surface area contributed by atoms with E-state index in [2.05, 4.69) is 9.97 Å². The van der Waals surface area contributed by atoms with E-state index >= 15 is 0 Å². The molecule has 1 N–H and O–H groups in total. The maximum atomic E-state index is 13.7. The highest BCUT2D eigenvalue weighted by Gasteiger charge is 2.21. The van der Waals surface area contributed by atoms with Crippen LogP contribution in [-0.4, -0.2) is 58.8 Å². The number of pyridine rings is 1. The monoisotopic (exact) mass is 548 g/mol. The zero-order valence-electron chi connectivity index (χ0n) is 20.2. The van der Waals surface area contributed by atoms with Gasteiger partial charge in [-0.3, -0.25) is 14.6 Å². The number of aromatic amines is 1. The molecule has 1 fully saturated rings. The van der Waals surface area contributed by atoms with Crippen LogP contribution < -0.4 is 16.0 Å². The van der Waals surface area contributed by atoms with Crippen LogP contribution in [0.2, 0.25) is 5.02 Å². The smallest absolute Gasteiger partial charge is 0.333 e. The van der Waals surface area contributed by atoms with Crippen LogP contribution in [0.4, 0.5) is 0 Å². The summed E-state index contributed by atoms with van der Waals surface area (Å²) in [4.78, 5) is 49.5. The number of methoxy groups -OCH3 is 1. The van der Waals surface area contributed by atoms with Crippen molar-refractivity contribution in [3.63, 3.8) is 0 Å². The van der Waals surface area contributed by atoms with Crippen LogP contribution in [0.15, 0.2) is 64.4 Å². The van der Waals surface area contributed by atoms with E-state index in [4.69, 9.17) is 21.1 Å². The molecule has 38 heavy (non-hydrogen) atoms. The second-order valence-electron chi connectivity index (χ2n) is 8.77. The van der Waals surface area contributed by atoms with E-state index in [1.54, 1.807) is 60.7 Å². The molecule has 0 radical (unpaired) electrons. The minimum absolute atomic E-state index is 0.132. The SMILES string of the molecule is COc1ccc(Cl)c(-c2cc3[nH]c(=O)n(-c4cncc5ccc(C(=O)N6CCOCC6)cc45)c(=O)c3s2)c1. The fraction of sp³-hybridized carbons (Fsp3) is 0.185. The Kier molecular flexibility index (Phi) is 6.22. The standard InChI is InChI=1S/C27H21ClN4O5S/c1-36-17-4-5-20(28)19(11-17)23-12-21-24(38-23)26(34)32(27(35)30-21)22-14-29-13-16-3-2-15(10-18(16)22)25(33)31-6-8-37-9-7-31/h2-5,10-14H,6-9H2,1H3,(H,30,35). The number of hydrogen-bond donors (Lipinski definition) is 1. The number of halogens is 1. The van der Waals surface area contributed by atoms with Gasteiger partial charge in [-0.1, -0.05) is 17.7 Å². The number of nitrogens with one attached hydrogen (secondary N) is 1.